The lowest BCUT2D eigenvalue weighted by molar-refractivity contribution is 0.171. The van der Waals surface area contributed by atoms with Crippen molar-refractivity contribution in [1.29, 1.82) is 0 Å². The minimum Gasteiger partial charge on any atom is -0.492 e. The van der Waals surface area contributed by atoms with Crippen LogP contribution in [0.15, 0.2) is 34.4 Å². The fourth-order valence-corrected chi connectivity index (χ4v) is 4.19. The van der Waals surface area contributed by atoms with Crippen LogP contribution in [0.3, 0.4) is 0 Å². The van der Waals surface area contributed by atoms with Gasteiger partial charge in [-0.1, -0.05) is 18.7 Å². The molecule has 8 heteroatoms. The Morgan fingerprint density at radius 3 is 2.91 bits per heavy atom. The van der Waals surface area contributed by atoms with Gasteiger partial charge in [-0.2, -0.15) is 0 Å². The average Bonchev–Trinajstić information content (AvgIpc) is 3.16. The number of rotatable bonds is 5. The average molecular weight is 339 g/mol. The maximum Gasteiger partial charge on any atom is 0.271 e. The monoisotopic (exact) mass is 339 g/mol. The largest absolute Gasteiger partial charge is 0.492 e. The molecule has 0 saturated carbocycles. The van der Waals surface area contributed by atoms with Crippen molar-refractivity contribution in [3.63, 3.8) is 0 Å². The van der Waals surface area contributed by atoms with Crippen LogP contribution in [0.1, 0.15) is 5.56 Å². The van der Waals surface area contributed by atoms with Crippen LogP contribution in [0.2, 0.25) is 0 Å². The van der Waals surface area contributed by atoms with Crippen LogP contribution in [0.4, 0.5) is 5.69 Å². The van der Waals surface area contributed by atoms with Crippen molar-refractivity contribution in [2.45, 2.75) is 4.21 Å². The van der Waals surface area contributed by atoms with Gasteiger partial charge in [0.1, 0.15) is 4.21 Å². The highest BCUT2D eigenvalue weighted by atomic mass is 32.2. The molecule has 1 aromatic heterocycles. The minimum atomic E-state index is -3.68. The number of nitrogens with one attached hydrogen (secondary N) is 1. The highest BCUT2D eigenvalue weighted by molar-refractivity contribution is 7.94. The highest BCUT2D eigenvalue weighted by Gasteiger charge is 2.26. The number of anilines is 1. The summed E-state index contributed by atoms with van der Waals surface area (Å²) in [5.41, 5.74) is 0.816. The van der Waals surface area contributed by atoms with Gasteiger partial charge in [0.15, 0.2) is 11.5 Å². The van der Waals surface area contributed by atoms with E-state index < -0.39 is 10.0 Å². The second-order valence-corrected chi connectivity index (χ2v) is 7.20. The lowest BCUT2D eigenvalue weighted by Crippen LogP contribution is -2.12. The molecule has 0 fully saturated rings. The van der Waals surface area contributed by atoms with E-state index in [1.807, 2.05) is 0 Å². The topological polar surface area (TPSA) is 73.9 Å². The van der Waals surface area contributed by atoms with Gasteiger partial charge in [-0.05, 0) is 11.4 Å². The van der Waals surface area contributed by atoms with Gasteiger partial charge in [0.2, 0.25) is 12.5 Å². The third-order valence-electron chi connectivity index (χ3n) is 3.07. The van der Waals surface area contributed by atoms with Crippen LogP contribution >= 0.6 is 11.3 Å². The van der Waals surface area contributed by atoms with Crippen LogP contribution in [0, 0.1) is 0 Å². The van der Waals surface area contributed by atoms with E-state index >= 15 is 0 Å². The predicted molar refractivity (Wildman–Crippen MR) is 84.3 cm³/mol. The van der Waals surface area contributed by atoms with Crippen molar-refractivity contribution < 1.29 is 22.6 Å². The van der Waals surface area contributed by atoms with E-state index in [1.165, 1.54) is 19.3 Å². The van der Waals surface area contributed by atoms with Gasteiger partial charge < -0.3 is 14.2 Å². The van der Waals surface area contributed by atoms with Crippen LogP contribution in [0.5, 0.6) is 17.2 Å². The van der Waals surface area contributed by atoms with Crippen molar-refractivity contribution in [3.05, 3.63) is 35.7 Å². The Morgan fingerprint density at radius 1 is 1.45 bits per heavy atom. The van der Waals surface area contributed by atoms with Gasteiger partial charge in [-0.3, -0.25) is 4.72 Å². The van der Waals surface area contributed by atoms with Gasteiger partial charge in [0, 0.05) is 11.6 Å². The van der Waals surface area contributed by atoms with E-state index in [4.69, 9.17) is 14.2 Å². The molecule has 0 aliphatic carbocycles. The van der Waals surface area contributed by atoms with Crippen LogP contribution in [-0.2, 0) is 10.0 Å². The Bertz CT molecular complexity index is 812. The molecule has 22 heavy (non-hydrogen) atoms. The molecule has 0 unspecified atom stereocenters. The Morgan fingerprint density at radius 2 is 2.27 bits per heavy atom. The van der Waals surface area contributed by atoms with Crippen molar-refractivity contribution in [1.82, 2.24) is 0 Å². The summed E-state index contributed by atoms with van der Waals surface area (Å²) in [4.78, 5) is 0. The summed E-state index contributed by atoms with van der Waals surface area (Å²) in [5, 5.41) is 1.70. The zero-order valence-corrected chi connectivity index (χ0v) is 13.3. The number of sulfonamides is 1. The van der Waals surface area contributed by atoms with E-state index in [9.17, 15) is 8.42 Å². The van der Waals surface area contributed by atoms with E-state index in [2.05, 4.69) is 11.3 Å². The first-order valence-corrected chi connectivity index (χ1v) is 8.62. The third kappa shape index (κ3) is 2.40. The molecule has 1 aliphatic heterocycles. The zero-order valence-electron chi connectivity index (χ0n) is 11.7. The van der Waals surface area contributed by atoms with Crippen molar-refractivity contribution >= 4 is 33.1 Å². The molecule has 3 rings (SSSR count). The molecule has 0 saturated heterocycles. The summed E-state index contributed by atoms with van der Waals surface area (Å²) in [7, 11) is -2.20. The van der Waals surface area contributed by atoms with Gasteiger partial charge in [-0.15, -0.1) is 11.3 Å². The number of methoxy groups -OCH3 is 1. The molecule has 0 bridgehead atoms. The van der Waals surface area contributed by atoms with E-state index in [1.54, 1.807) is 17.5 Å². The molecule has 0 amide bonds. The fourth-order valence-electron chi connectivity index (χ4n) is 2.13. The van der Waals surface area contributed by atoms with Gasteiger partial charge >= 0.3 is 0 Å². The van der Waals surface area contributed by atoms with Crippen molar-refractivity contribution in [2.75, 3.05) is 18.6 Å². The summed E-state index contributed by atoms with van der Waals surface area (Å²) in [5.74, 6) is 1.25. The van der Waals surface area contributed by atoms with Crippen LogP contribution in [-0.4, -0.2) is 22.3 Å². The number of hydrogen-bond acceptors (Lipinski definition) is 6. The summed E-state index contributed by atoms with van der Waals surface area (Å²) in [6.07, 6.45) is 1.51. The van der Waals surface area contributed by atoms with Crippen LogP contribution in [0.25, 0.3) is 6.08 Å². The van der Waals surface area contributed by atoms with E-state index in [-0.39, 0.29) is 11.0 Å². The normalized spacial score (nSPS) is 13.0. The number of hydrogen-bond donors (Lipinski definition) is 1. The Kier molecular flexibility index (Phi) is 3.71. The first-order valence-electron chi connectivity index (χ1n) is 6.26. The molecule has 2 heterocycles. The molecule has 1 N–H and O–H groups in total. The number of thiophene rings is 1. The number of benzene rings is 1. The summed E-state index contributed by atoms with van der Waals surface area (Å²) in [6.45, 7) is 3.77. The van der Waals surface area contributed by atoms with Crippen molar-refractivity contribution in [3.8, 4) is 17.2 Å². The minimum absolute atomic E-state index is 0.0589. The Labute approximate surface area is 132 Å². The molecule has 1 aliphatic rings. The molecule has 0 spiro atoms. The number of ether oxygens (including phenoxy) is 3. The molecular formula is C14H13NO5S2. The SMILES string of the molecule is C=Cc1c(NS(=O)(=O)c2cccs2)cc2c(c1OC)OCO2. The Hall–Kier alpha value is -2.19. The second kappa shape index (κ2) is 5.54. The first-order chi connectivity index (χ1) is 10.6. The number of fused-ring (bicyclic) bond motifs is 1. The zero-order chi connectivity index (χ0) is 15.7. The lowest BCUT2D eigenvalue weighted by Gasteiger charge is -2.14. The quantitative estimate of drug-likeness (QED) is 0.906. The smallest absolute Gasteiger partial charge is 0.271 e. The lowest BCUT2D eigenvalue weighted by atomic mass is 10.1. The predicted octanol–water partition coefficient (Wildman–Crippen LogP) is 2.93. The van der Waals surface area contributed by atoms with E-state index in [0.717, 1.165) is 11.3 Å². The molecule has 0 radical (unpaired) electrons. The first kappa shape index (κ1) is 14.7. The summed E-state index contributed by atoms with van der Waals surface area (Å²) < 4.78 is 43.5. The van der Waals surface area contributed by atoms with Crippen LogP contribution < -0.4 is 18.9 Å². The highest BCUT2D eigenvalue weighted by Crippen LogP contribution is 2.47. The molecule has 0 atom stereocenters. The second-order valence-electron chi connectivity index (χ2n) is 4.35. The van der Waals surface area contributed by atoms with Gasteiger partial charge in [0.25, 0.3) is 10.0 Å². The molecular weight excluding hydrogens is 326 g/mol. The maximum atomic E-state index is 12.4. The molecule has 1 aromatic carbocycles. The molecule has 6 nitrogen and oxygen atoms in total. The summed E-state index contributed by atoms with van der Waals surface area (Å²) in [6, 6.07) is 4.77. The molecule has 2 aromatic rings. The standard InChI is InChI=1S/C14H13NO5S2/c1-3-9-10(15-22(16,17)12-5-4-6-21-12)7-11-14(13(9)18-2)20-8-19-11/h3-7,15H,1,8H2,2H3. The summed E-state index contributed by atoms with van der Waals surface area (Å²) >= 11 is 1.13. The van der Waals surface area contributed by atoms with Gasteiger partial charge in [-0.25, -0.2) is 8.42 Å². The molecule has 116 valence electrons. The van der Waals surface area contributed by atoms with E-state index in [0.29, 0.717) is 28.5 Å². The van der Waals surface area contributed by atoms with Gasteiger partial charge in [0.05, 0.1) is 12.8 Å². The third-order valence-corrected chi connectivity index (χ3v) is 5.83. The fraction of sp³-hybridized carbons (Fsp3) is 0.143. The Balaban J connectivity index is 2.10. The van der Waals surface area contributed by atoms with Crippen molar-refractivity contribution in [2.24, 2.45) is 0 Å². The maximum absolute atomic E-state index is 12.4.